The van der Waals surface area contributed by atoms with Crippen molar-refractivity contribution in [1.29, 1.82) is 5.26 Å². The number of nitriles is 1. The Hall–Kier alpha value is -2.42. The molecule has 0 fully saturated rings. The largest absolute Gasteiger partial charge is 0.481 e. The summed E-state index contributed by atoms with van der Waals surface area (Å²) in [5.74, 6) is -0.856. The zero-order chi connectivity index (χ0) is 11.5. The molecule has 2 heterocycles. The van der Waals surface area contributed by atoms with E-state index in [0.717, 1.165) is 0 Å². The van der Waals surface area contributed by atoms with Gasteiger partial charge in [-0.25, -0.2) is 4.98 Å². The number of carbonyl (C=O) groups is 1. The van der Waals surface area contributed by atoms with Gasteiger partial charge >= 0.3 is 5.97 Å². The highest BCUT2D eigenvalue weighted by atomic mass is 16.4. The van der Waals surface area contributed by atoms with Crippen molar-refractivity contribution in [3.63, 3.8) is 0 Å². The van der Waals surface area contributed by atoms with Crippen LogP contribution in [0.5, 0.6) is 0 Å². The number of imidazole rings is 1. The lowest BCUT2D eigenvalue weighted by molar-refractivity contribution is -0.136. The molecule has 0 saturated carbocycles. The molecule has 0 bridgehead atoms. The van der Waals surface area contributed by atoms with Crippen LogP contribution in [0.4, 0.5) is 0 Å². The summed E-state index contributed by atoms with van der Waals surface area (Å²) in [6, 6.07) is 1.93. The molecule has 6 nitrogen and oxygen atoms in total. The summed E-state index contributed by atoms with van der Waals surface area (Å²) in [7, 11) is 0. The number of fused-ring (bicyclic) bond motifs is 1. The van der Waals surface area contributed by atoms with Crippen molar-refractivity contribution in [2.24, 2.45) is 0 Å². The summed E-state index contributed by atoms with van der Waals surface area (Å²) in [4.78, 5) is 18.5. The third-order valence-electron chi connectivity index (χ3n) is 2.10. The minimum absolute atomic E-state index is 0.0400. The third kappa shape index (κ3) is 1.98. The van der Waals surface area contributed by atoms with Crippen LogP contribution < -0.4 is 0 Å². The van der Waals surface area contributed by atoms with Crippen LogP contribution in [-0.4, -0.2) is 25.4 Å². The molecule has 0 spiro atoms. The molecule has 2 rings (SSSR count). The Morgan fingerprint density at radius 2 is 2.38 bits per heavy atom. The molecule has 2 aromatic heterocycles. The summed E-state index contributed by atoms with van der Waals surface area (Å²) in [5.41, 5.74) is 1.56. The van der Waals surface area contributed by atoms with Crippen LogP contribution in [0.2, 0.25) is 0 Å². The first-order valence-electron chi connectivity index (χ1n) is 4.64. The van der Waals surface area contributed by atoms with Crippen LogP contribution in [0, 0.1) is 11.3 Å². The van der Waals surface area contributed by atoms with Gasteiger partial charge in [0.25, 0.3) is 0 Å². The first-order chi connectivity index (χ1) is 7.69. The van der Waals surface area contributed by atoms with Gasteiger partial charge in [0.05, 0.1) is 18.3 Å². The molecule has 0 saturated heterocycles. The SMILES string of the molecule is N#Cc1cn2cc(CCC(=O)O)ncc2n1. The van der Waals surface area contributed by atoms with Gasteiger partial charge in [-0.3, -0.25) is 9.78 Å². The van der Waals surface area contributed by atoms with Crippen LogP contribution in [-0.2, 0) is 11.2 Å². The maximum Gasteiger partial charge on any atom is 0.303 e. The molecule has 1 N–H and O–H groups in total. The predicted molar refractivity (Wildman–Crippen MR) is 53.7 cm³/mol. The summed E-state index contributed by atoms with van der Waals surface area (Å²) in [5, 5.41) is 17.2. The van der Waals surface area contributed by atoms with E-state index in [4.69, 9.17) is 10.4 Å². The highest BCUT2D eigenvalue weighted by Gasteiger charge is 2.04. The number of rotatable bonds is 3. The number of aryl methyl sites for hydroxylation is 1. The number of hydrogen-bond donors (Lipinski definition) is 1. The number of hydrogen-bond acceptors (Lipinski definition) is 4. The summed E-state index contributed by atoms with van der Waals surface area (Å²) >= 11 is 0. The number of nitrogens with zero attached hydrogens (tertiary/aromatic N) is 4. The van der Waals surface area contributed by atoms with Gasteiger partial charge in [-0.05, 0) is 0 Å². The minimum Gasteiger partial charge on any atom is -0.481 e. The Labute approximate surface area is 90.8 Å². The molecule has 16 heavy (non-hydrogen) atoms. The van der Waals surface area contributed by atoms with Gasteiger partial charge in [0.2, 0.25) is 0 Å². The summed E-state index contributed by atoms with van der Waals surface area (Å²) in [6.45, 7) is 0. The van der Waals surface area contributed by atoms with Gasteiger partial charge in [-0.15, -0.1) is 0 Å². The molecule has 0 aliphatic heterocycles. The second-order valence-corrected chi connectivity index (χ2v) is 3.28. The van der Waals surface area contributed by atoms with Gasteiger partial charge in [-0.1, -0.05) is 0 Å². The zero-order valence-corrected chi connectivity index (χ0v) is 8.29. The van der Waals surface area contributed by atoms with E-state index in [9.17, 15) is 4.79 Å². The molecule has 0 amide bonds. The normalized spacial score (nSPS) is 10.2. The predicted octanol–water partition coefficient (Wildman–Crippen LogP) is 0.618. The van der Waals surface area contributed by atoms with Crippen molar-refractivity contribution < 1.29 is 9.90 Å². The van der Waals surface area contributed by atoms with E-state index in [0.29, 0.717) is 23.5 Å². The van der Waals surface area contributed by atoms with E-state index in [1.807, 2.05) is 6.07 Å². The van der Waals surface area contributed by atoms with E-state index in [2.05, 4.69) is 9.97 Å². The van der Waals surface area contributed by atoms with Crippen LogP contribution in [0.1, 0.15) is 17.8 Å². The first-order valence-corrected chi connectivity index (χ1v) is 4.64. The van der Waals surface area contributed by atoms with Gasteiger partial charge in [0.15, 0.2) is 11.3 Å². The standard InChI is InChI=1S/C10H8N4O2/c11-3-8-6-14-5-7(1-2-10(15)16)12-4-9(14)13-8/h4-6H,1-2H2,(H,15,16). The Kier molecular flexibility index (Phi) is 2.52. The fourth-order valence-electron chi connectivity index (χ4n) is 1.36. The third-order valence-corrected chi connectivity index (χ3v) is 2.10. The lowest BCUT2D eigenvalue weighted by Gasteiger charge is -1.98. The van der Waals surface area contributed by atoms with Gasteiger partial charge < -0.3 is 9.51 Å². The second kappa shape index (κ2) is 3.98. The van der Waals surface area contributed by atoms with Crippen molar-refractivity contribution in [3.8, 4) is 6.07 Å². The van der Waals surface area contributed by atoms with Crippen LogP contribution in [0.15, 0.2) is 18.6 Å². The molecule has 6 heteroatoms. The van der Waals surface area contributed by atoms with Crippen LogP contribution in [0.25, 0.3) is 5.65 Å². The monoisotopic (exact) mass is 216 g/mol. The van der Waals surface area contributed by atoms with Crippen molar-refractivity contribution in [2.75, 3.05) is 0 Å². The first kappa shape index (κ1) is 10.1. The van der Waals surface area contributed by atoms with Crippen LogP contribution in [0.3, 0.4) is 0 Å². The van der Waals surface area contributed by atoms with Crippen molar-refractivity contribution in [1.82, 2.24) is 14.4 Å². The maximum absolute atomic E-state index is 10.4. The van der Waals surface area contributed by atoms with Gasteiger partial charge in [-0.2, -0.15) is 5.26 Å². The van der Waals surface area contributed by atoms with Gasteiger partial charge in [0, 0.05) is 18.8 Å². The molecule has 0 radical (unpaired) electrons. The Bertz CT molecular complexity index is 582. The summed E-state index contributed by atoms with van der Waals surface area (Å²) < 4.78 is 1.67. The molecular weight excluding hydrogens is 208 g/mol. The summed E-state index contributed by atoms with van der Waals surface area (Å²) in [6.07, 6.45) is 5.20. The highest BCUT2D eigenvalue weighted by molar-refractivity contribution is 5.66. The Balaban J connectivity index is 2.29. The number of carboxylic acid groups (broad SMARTS) is 1. The maximum atomic E-state index is 10.4. The average Bonchev–Trinajstić information content (AvgIpc) is 2.68. The molecular formula is C10H8N4O2. The molecule has 0 aliphatic rings. The molecule has 80 valence electrons. The quantitative estimate of drug-likeness (QED) is 0.811. The van der Waals surface area contributed by atoms with Crippen LogP contribution >= 0.6 is 0 Å². The van der Waals surface area contributed by atoms with Crippen molar-refractivity contribution in [3.05, 3.63) is 30.0 Å². The lowest BCUT2D eigenvalue weighted by atomic mass is 10.2. The highest BCUT2D eigenvalue weighted by Crippen LogP contribution is 2.06. The van der Waals surface area contributed by atoms with E-state index in [1.165, 1.54) is 6.20 Å². The topological polar surface area (TPSA) is 91.3 Å². The average molecular weight is 216 g/mol. The molecule has 0 aromatic carbocycles. The minimum atomic E-state index is -0.856. The number of aromatic nitrogens is 3. The van der Waals surface area contributed by atoms with E-state index in [-0.39, 0.29) is 6.42 Å². The van der Waals surface area contributed by atoms with E-state index in [1.54, 1.807) is 16.8 Å². The number of carboxylic acids is 1. The van der Waals surface area contributed by atoms with E-state index < -0.39 is 5.97 Å². The fourth-order valence-corrected chi connectivity index (χ4v) is 1.36. The molecule has 2 aromatic rings. The number of aliphatic carboxylic acids is 1. The zero-order valence-electron chi connectivity index (χ0n) is 8.29. The Morgan fingerprint density at radius 3 is 3.06 bits per heavy atom. The van der Waals surface area contributed by atoms with Crippen molar-refractivity contribution in [2.45, 2.75) is 12.8 Å². The van der Waals surface area contributed by atoms with Crippen molar-refractivity contribution >= 4 is 11.6 Å². The molecule has 0 aliphatic carbocycles. The Morgan fingerprint density at radius 1 is 1.56 bits per heavy atom. The van der Waals surface area contributed by atoms with E-state index >= 15 is 0 Å². The smallest absolute Gasteiger partial charge is 0.303 e. The van der Waals surface area contributed by atoms with Gasteiger partial charge in [0.1, 0.15) is 6.07 Å². The fraction of sp³-hybridized carbons (Fsp3) is 0.200. The lowest BCUT2D eigenvalue weighted by Crippen LogP contribution is -2.00. The molecule has 0 unspecified atom stereocenters. The second-order valence-electron chi connectivity index (χ2n) is 3.28. The molecule has 0 atom stereocenters.